The molecule has 6 nitrogen and oxygen atoms in total. The quantitative estimate of drug-likeness (QED) is 0.214. The van der Waals surface area contributed by atoms with Gasteiger partial charge < -0.3 is 8.37 Å². The van der Waals surface area contributed by atoms with Crippen LogP contribution in [0, 0.1) is 13.8 Å². The van der Waals surface area contributed by atoms with E-state index in [0.717, 1.165) is 22.3 Å². The molecule has 0 heterocycles. The molecule has 4 aromatic carbocycles. The van der Waals surface area contributed by atoms with E-state index < -0.39 is 20.2 Å². The van der Waals surface area contributed by atoms with Crippen molar-refractivity contribution in [2.45, 2.75) is 63.2 Å². The SMILES string of the molecule is Cc1cc(OS(=O)(=O)c2cccc3c(S(=O)(=O)Oc4ccc(C(C)C)c(C)c4)cccc23)ccc1C(C)C. The van der Waals surface area contributed by atoms with E-state index in [4.69, 9.17) is 8.37 Å². The first-order valence-electron chi connectivity index (χ1n) is 12.4. The van der Waals surface area contributed by atoms with E-state index in [1.165, 1.54) is 24.3 Å². The molecule has 4 aromatic rings. The van der Waals surface area contributed by atoms with Gasteiger partial charge in [-0.25, -0.2) is 0 Å². The molecule has 0 bridgehead atoms. The van der Waals surface area contributed by atoms with E-state index in [0.29, 0.717) is 11.8 Å². The predicted octanol–water partition coefficient (Wildman–Crippen LogP) is 7.24. The molecular formula is C30H32O6S2. The van der Waals surface area contributed by atoms with Gasteiger partial charge in [-0.2, -0.15) is 16.8 Å². The Labute approximate surface area is 225 Å². The Morgan fingerprint density at radius 2 is 0.921 bits per heavy atom. The number of rotatable bonds is 8. The van der Waals surface area contributed by atoms with Crippen molar-refractivity contribution in [2.75, 3.05) is 0 Å². The van der Waals surface area contributed by atoms with E-state index in [9.17, 15) is 16.8 Å². The van der Waals surface area contributed by atoms with Crippen molar-refractivity contribution in [1.29, 1.82) is 0 Å². The van der Waals surface area contributed by atoms with Gasteiger partial charge in [0.05, 0.1) is 0 Å². The fourth-order valence-corrected chi connectivity index (χ4v) is 7.01. The molecule has 0 unspecified atom stereocenters. The van der Waals surface area contributed by atoms with Crippen molar-refractivity contribution in [2.24, 2.45) is 0 Å². The van der Waals surface area contributed by atoms with E-state index in [-0.39, 0.29) is 32.1 Å². The van der Waals surface area contributed by atoms with Crippen molar-refractivity contribution in [3.8, 4) is 11.5 Å². The monoisotopic (exact) mass is 552 g/mol. The van der Waals surface area contributed by atoms with Crippen LogP contribution in [0.15, 0.2) is 82.6 Å². The highest BCUT2D eigenvalue weighted by Crippen LogP contribution is 2.33. The van der Waals surface area contributed by atoms with Crippen molar-refractivity contribution >= 4 is 31.0 Å². The molecule has 0 aromatic heterocycles. The molecule has 0 saturated heterocycles. The molecule has 0 N–H and O–H groups in total. The fraction of sp³-hybridized carbons (Fsp3) is 0.267. The Bertz CT molecular complexity index is 1590. The smallest absolute Gasteiger partial charge is 0.339 e. The third-order valence-corrected chi connectivity index (χ3v) is 9.13. The lowest BCUT2D eigenvalue weighted by molar-refractivity contribution is 0.484. The minimum Gasteiger partial charge on any atom is -0.379 e. The zero-order valence-electron chi connectivity index (χ0n) is 22.3. The van der Waals surface area contributed by atoms with Gasteiger partial charge in [-0.3, -0.25) is 0 Å². The van der Waals surface area contributed by atoms with Gasteiger partial charge in [0.2, 0.25) is 0 Å². The second-order valence-electron chi connectivity index (χ2n) is 10.0. The second kappa shape index (κ2) is 10.4. The van der Waals surface area contributed by atoms with Gasteiger partial charge in [0.15, 0.2) is 0 Å². The predicted molar refractivity (Wildman–Crippen MR) is 150 cm³/mol. The zero-order valence-corrected chi connectivity index (χ0v) is 24.0. The third kappa shape index (κ3) is 5.56. The molecule has 0 spiro atoms. The standard InChI is InChI=1S/C30H32O6S2/c1-19(2)25-15-13-23(17-21(25)5)35-37(31,32)29-11-7-10-28-27(29)9-8-12-30(28)38(33,34)36-24-14-16-26(20(3)4)22(6)18-24/h7-20H,1-6H3. The summed E-state index contributed by atoms with van der Waals surface area (Å²) < 4.78 is 64.2. The van der Waals surface area contributed by atoms with Crippen LogP contribution in [0.2, 0.25) is 0 Å². The molecule has 0 atom stereocenters. The Kier molecular flexibility index (Phi) is 7.59. The number of fused-ring (bicyclic) bond motifs is 1. The van der Waals surface area contributed by atoms with Crippen LogP contribution in [0.3, 0.4) is 0 Å². The Hall–Kier alpha value is -3.36. The lowest BCUT2D eigenvalue weighted by atomic mass is 9.98. The molecule has 38 heavy (non-hydrogen) atoms. The highest BCUT2D eigenvalue weighted by molar-refractivity contribution is 7.87. The van der Waals surface area contributed by atoms with Crippen molar-refractivity contribution in [1.82, 2.24) is 0 Å². The maximum absolute atomic E-state index is 13.3. The van der Waals surface area contributed by atoms with Crippen LogP contribution in [0.25, 0.3) is 10.8 Å². The maximum atomic E-state index is 13.3. The van der Waals surface area contributed by atoms with Gasteiger partial charge in [0.1, 0.15) is 21.3 Å². The molecular weight excluding hydrogens is 520 g/mol. The molecule has 0 aliphatic carbocycles. The summed E-state index contributed by atoms with van der Waals surface area (Å²) in [7, 11) is -8.53. The van der Waals surface area contributed by atoms with Crippen molar-refractivity contribution in [3.05, 3.63) is 95.1 Å². The molecule has 0 radical (unpaired) electrons. The van der Waals surface area contributed by atoms with E-state index in [2.05, 4.69) is 27.7 Å². The molecule has 0 aliphatic rings. The van der Waals surface area contributed by atoms with Crippen LogP contribution in [0.4, 0.5) is 0 Å². The zero-order chi connectivity index (χ0) is 27.8. The average Bonchev–Trinajstić information content (AvgIpc) is 2.82. The largest absolute Gasteiger partial charge is 0.379 e. The van der Waals surface area contributed by atoms with Crippen LogP contribution in [-0.4, -0.2) is 16.8 Å². The van der Waals surface area contributed by atoms with Crippen molar-refractivity contribution < 1.29 is 25.2 Å². The van der Waals surface area contributed by atoms with Crippen LogP contribution in [0.5, 0.6) is 11.5 Å². The third-order valence-electron chi connectivity index (χ3n) is 6.52. The molecule has 8 heteroatoms. The van der Waals surface area contributed by atoms with Gasteiger partial charge in [0.25, 0.3) is 0 Å². The number of aryl methyl sites for hydroxylation is 2. The summed E-state index contributed by atoms with van der Waals surface area (Å²) in [6, 6.07) is 19.2. The number of hydrogen-bond donors (Lipinski definition) is 0. The highest BCUT2D eigenvalue weighted by Gasteiger charge is 2.25. The normalized spacial score (nSPS) is 12.3. The van der Waals surface area contributed by atoms with Crippen LogP contribution >= 0.6 is 0 Å². The molecule has 0 aliphatic heterocycles. The highest BCUT2D eigenvalue weighted by atomic mass is 32.2. The minimum atomic E-state index is -4.27. The lowest BCUT2D eigenvalue weighted by Gasteiger charge is -2.15. The summed E-state index contributed by atoms with van der Waals surface area (Å²) in [5, 5.41) is 0.443. The summed E-state index contributed by atoms with van der Waals surface area (Å²) in [5.41, 5.74) is 4.05. The van der Waals surface area contributed by atoms with E-state index in [1.54, 1.807) is 36.4 Å². The topological polar surface area (TPSA) is 86.7 Å². The Morgan fingerprint density at radius 1 is 0.553 bits per heavy atom. The van der Waals surface area contributed by atoms with Gasteiger partial charge in [-0.1, -0.05) is 64.1 Å². The minimum absolute atomic E-state index is 0.130. The van der Waals surface area contributed by atoms with Gasteiger partial charge >= 0.3 is 20.2 Å². The van der Waals surface area contributed by atoms with Crippen LogP contribution in [-0.2, 0) is 20.2 Å². The summed E-state index contributed by atoms with van der Waals surface area (Å²) >= 11 is 0. The maximum Gasteiger partial charge on any atom is 0.339 e. The summed E-state index contributed by atoms with van der Waals surface area (Å²) in [4.78, 5) is -0.260. The first-order chi connectivity index (χ1) is 17.8. The van der Waals surface area contributed by atoms with Crippen LogP contribution < -0.4 is 8.37 Å². The lowest BCUT2D eigenvalue weighted by Crippen LogP contribution is -2.13. The van der Waals surface area contributed by atoms with Crippen LogP contribution in [0.1, 0.15) is 61.8 Å². The average molecular weight is 553 g/mol. The number of hydrogen-bond acceptors (Lipinski definition) is 6. The molecule has 200 valence electrons. The molecule has 0 saturated carbocycles. The van der Waals surface area contributed by atoms with Crippen molar-refractivity contribution in [3.63, 3.8) is 0 Å². The fourth-order valence-electron chi connectivity index (χ4n) is 4.73. The second-order valence-corrected chi connectivity index (χ2v) is 13.1. The summed E-state index contributed by atoms with van der Waals surface area (Å²) in [5.74, 6) is 0.962. The number of benzene rings is 4. The van der Waals surface area contributed by atoms with Gasteiger partial charge in [-0.15, -0.1) is 0 Å². The first-order valence-corrected chi connectivity index (χ1v) is 15.2. The molecule has 0 fully saturated rings. The molecule has 4 rings (SSSR count). The summed E-state index contributed by atoms with van der Waals surface area (Å²) in [6.07, 6.45) is 0. The summed E-state index contributed by atoms with van der Waals surface area (Å²) in [6.45, 7) is 12.1. The van der Waals surface area contributed by atoms with E-state index in [1.807, 2.05) is 26.0 Å². The Balaban J connectivity index is 1.72. The molecule has 0 amide bonds. The Morgan fingerprint density at radius 3 is 1.24 bits per heavy atom. The first kappa shape index (κ1) is 27.7. The van der Waals surface area contributed by atoms with Gasteiger partial charge in [0, 0.05) is 10.8 Å². The van der Waals surface area contributed by atoms with Gasteiger partial charge in [-0.05, 0) is 84.3 Å². The van der Waals surface area contributed by atoms with E-state index >= 15 is 0 Å².